The molecule has 1 N–H and O–H groups in total. The predicted octanol–water partition coefficient (Wildman–Crippen LogP) is 1.61. The molecule has 0 aromatic heterocycles. The van der Waals surface area contributed by atoms with Crippen molar-refractivity contribution in [1.29, 1.82) is 0 Å². The summed E-state index contributed by atoms with van der Waals surface area (Å²) < 4.78 is 5.29. The van der Waals surface area contributed by atoms with Crippen LogP contribution in [0.15, 0.2) is 24.3 Å². The number of ether oxygens (including phenoxy) is 1. The van der Waals surface area contributed by atoms with Gasteiger partial charge in [-0.3, -0.25) is 4.79 Å². The van der Waals surface area contributed by atoms with Crippen LogP contribution in [0.2, 0.25) is 0 Å². The fourth-order valence-electron chi connectivity index (χ4n) is 1.26. The quantitative estimate of drug-likeness (QED) is 0.800. The van der Waals surface area contributed by atoms with Gasteiger partial charge in [0.05, 0.1) is 6.61 Å². The number of hydrogen-bond donors (Lipinski definition) is 1. The number of benzene rings is 1. The largest absolute Gasteiger partial charge is 0.494 e. The molecule has 82 valence electrons. The Morgan fingerprint density at radius 1 is 1.40 bits per heavy atom. The minimum absolute atomic E-state index is 0.00597. The third-order valence-corrected chi connectivity index (χ3v) is 1.96. The van der Waals surface area contributed by atoms with E-state index >= 15 is 0 Å². The van der Waals surface area contributed by atoms with Gasteiger partial charge in [-0.15, -0.1) is 0 Å². The Hall–Kier alpha value is -1.71. The average Bonchev–Trinajstić information content (AvgIpc) is 2.18. The second-order valence-electron chi connectivity index (χ2n) is 3.18. The number of carbonyl (C=O) groups is 1. The lowest BCUT2D eigenvalue weighted by molar-refractivity contribution is -0.135. The lowest BCUT2D eigenvalue weighted by Crippen LogP contribution is -2.24. The first kappa shape index (κ1) is 11.4. The van der Waals surface area contributed by atoms with Crippen LogP contribution in [0.1, 0.15) is 6.92 Å². The van der Waals surface area contributed by atoms with E-state index in [1.165, 1.54) is 0 Å². The first-order chi connectivity index (χ1) is 7.13. The zero-order valence-electron chi connectivity index (χ0n) is 8.93. The SMILES string of the molecule is CCOc1ccc(N(C)CC(=O)O)cc1. The normalized spacial score (nSPS) is 9.73. The lowest BCUT2D eigenvalue weighted by atomic mass is 10.3. The molecule has 0 aliphatic carbocycles. The molecule has 0 saturated carbocycles. The molecule has 0 amide bonds. The Morgan fingerprint density at radius 2 is 2.00 bits per heavy atom. The maximum Gasteiger partial charge on any atom is 0.323 e. The molecule has 1 rings (SSSR count). The maximum absolute atomic E-state index is 10.5. The topological polar surface area (TPSA) is 49.8 Å². The van der Waals surface area contributed by atoms with Crippen LogP contribution in [0.3, 0.4) is 0 Å². The van der Waals surface area contributed by atoms with Crippen LogP contribution in [0.4, 0.5) is 5.69 Å². The van der Waals surface area contributed by atoms with E-state index in [1.807, 2.05) is 31.2 Å². The second kappa shape index (κ2) is 5.24. The summed E-state index contributed by atoms with van der Waals surface area (Å²) in [5, 5.41) is 8.62. The molecule has 1 aromatic carbocycles. The number of rotatable bonds is 5. The van der Waals surface area contributed by atoms with Gasteiger partial charge in [-0.25, -0.2) is 0 Å². The standard InChI is InChI=1S/C11H15NO3/c1-3-15-10-6-4-9(5-7-10)12(2)8-11(13)14/h4-7H,3,8H2,1-2H3,(H,13,14). The molecule has 0 spiro atoms. The maximum atomic E-state index is 10.5. The number of nitrogens with zero attached hydrogens (tertiary/aromatic N) is 1. The number of aliphatic carboxylic acids is 1. The number of anilines is 1. The number of hydrogen-bond acceptors (Lipinski definition) is 3. The third kappa shape index (κ3) is 3.50. The zero-order valence-corrected chi connectivity index (χ0v) is 8.93. The van der Waals surface area contributed by atoms with Crippen molar-refractivity contribution in [1.82, 2.24) is 0 Å². The molecule has 0 saturated heterocycles. The first-order valence-electron chi connectivity index (χ1n) is 4.79. The Balaban J connectivity index is 2.66. The van der Waals surface area contributed by atoms with E-state index in [-0.39, 0.29) is 6.54 Å². The highest BCUT2D eigenvalue weighted by molar-refractivity contribution is 5.73. The Morgan fingerprint density at radius 3 is 2.47 bits per heavy atom. The molecule has 0 heterocycles. The first-order valence-corrected chi connectivity index (χ1v) is 4.79. The van der Waals surface area contributed by atoms with Gasteiger partial charge in [0.2, 0.25) is 0 Å². The van der Waals surface area contributed by atoms with Crippen LogP contribution < -0.4 is 9.64 Å². The summed E-state index contributed by atoms with van der Waals surface area (Å²) in [6.45, 7) is 2.54. The number of carboxylic acids is 1. The van der Waals surface area contributed by atoms with Gasteiger partial charge in [0.15, 0.2) is 0 Å². The summed E-state index contributed by atoms with van der Waals surface area (Å²) >= 11 is 0. The molecule has 1 aromatic rings. The molecular formula is C11H15NO3. The van der Waals surface area contributed by atoms with Gasteiger partial charge < -0.3 is 14.7 Å². The number of likely N-dealkylation sites (N-methyl/N-ethyl adjacent to an activating group) is 1. The van der Waals surface area contributed by atoms with Crippen LogP contribution in [0.25, 0.3) is 0 Å². The summed E-state index contributed by atoms with van der Waals surface area (Å²) in [6.07, 6.45) is 0. The molecule has 4 heteroatoms. The van der Waals surface area contributed by atoms with Crippen LogP contribution in [0, 0.1) is 0 Å². The molecule has 0 atom stereocenters. The van der Waals surface area contributed by atoms with Gasteiger partial charge in [-0.2, -0.15) is 0 Å². The highest BCUT2D eigenvalue weighted by Crippen LogP contribution is 2.18. The van der Waals surface area contributed by atoms with E-state index in [1.54, 1.807) is 11.9 Å². The monoisotopic (exact) mass is 209 g/mol. The van der Waals surface area contributed by atoms with Crippen molar-refractivity contribution in [2.45, 2.75) is 6.92 Å². The average molecular weight is 209 g/mol. The molecule has 0 radical (unpaired) electrons. The summed E-state index contributed by atoms with van der Waals surface area (Å²) in [5.41, 5.74) is 0.862. The van der Waals surface area contributed by atoms with E-state index in [4.69, 9.17) is 9.84 Å². The van der Waals surface area contributed by atoms with E-state index in [0.717, 1.165) is 11.4 Å². The Kier molecular flexibility index (Phi) is 3.97. The van der Waals surface area contributed by atoms with Gasteiger partial charge in [0, 0.05) is 12.7 Å². The van der Waals surface area contributed by atoms with Crippen LogP contribution >= 0.6 is 0 Å². The molecular weight excluding hydrogens is 194 g/mol. The minimum Gasteiger partial charge on any atom is -0.494 e. The van der Waals surface area contributed by atoms with Crippen molar-refractivity contribution in [2.75, 3.05) is 25.1 Å². The van der Waals surface area contributed by atoms with E-state index in [2.05, 4.69) is 0 Å². The van der Waals surface area contributed by atoms with Gasteiger partial charge >= 0.3 is 5.97 Å². The minimum atomic E-state index is -0.841. The second-order valence-corrected chi connectivity index (χ2v) is 3.18. The van der Waals surface area contributed by atoms with Crippen molar-refractivity contribution in [2.24, 2.45) is 0 Å². The van der Waals surface area contributed by atoms with Crippen molar-refractivity contribution in [3.05, 3.63) is 24.3 Å². The molecule has 0 unspecified atom stereocenters. The summed E-state index contributed by atoms with van der Waals surface area (Å²) in [5.74, 6) is -0.0450. The van der Waals surface area contributed by atoms with E-state index in [9.17, 15) is 4.79 Å². The smallest absolute Gasteiger partial charge is 0.323 e. The summed E-state index contributed by atoms with van der Waals surface area (Å²) in [4.78, 5) is 12.2. The van der Waals surface area contributed by atoms with Crippen molar-refractivity contribution in [3.63, 3.8) is 0 Å². The third-order valence-electron chi connectivity index (χ3n) is 1.96. The van der Waals surface area contributed by atoms with Crippen LogP contribution in [-0.4, -0.2) is 31.3 Å². The van der Waals surface area contributed by atoms with E-state index in [0.29, 0.717) is 6.61 Å². The lowest BCUT2D eigenvalue weighted by Gasteiger charge is -2.16. The molecule has 4 nitrogen and oxygen atoms in total. The van der Waals surface area contributed by atoms with E-state index < -0.39 is 5.97 Å². The summed E-state index contributed by atoms with van der Waals surface area (Å²) in [6, 6.07) is 7.34. The molecule has 0 fully saturated rings. The fourth-order valence-corrected chi connectivity index (χ4v) is 1.26. The van der Waals surface area contributed by atoms with Gasteiger partial charge in [0.1, 0.15) is 12.3 Å². The van der Waals surface area contributed by atoms with Gasteiger partial charge in [-0.1, -0.05) is 0 Å². The van der Waals surface area contributed by atoms with Gasteiger partial charge in [0.25, 0.3) is 0 Å². The Bertz CT molecular complexity index is 321. The highest BCUT2D eigenvalue weighted by Gasteiger charge is 2.05. The summed E-state index contributed by atoms with van der Waals surface area (Å²) in [7, 11) is 1.74. The number of carboxylic acid groups (broad SMARTS) is 1. The van der Waals surface area contributed by atoms with Crippen molar-refractivity contribution in [3.8, 4) is 5.75 Å². The van der Waals surface area contributed by atoms with Crippen molar-refractivity contribution < 1.29 is 14.6 Å². The van der Waals surface area contributed by atoms with Crippen molar-refractivity contribution >= 4 is 11.7 Å². The highest BCUT2D eigenvalue weighted by atomic mass is 16.5. The molecule has 0 bridgehead atoms. The molecule has 15 heavy (non-hydrogen) atoms. The zero-order chi connectivity index (χ0) is 11.3. The van der Waals surface area contributed by atoms with Crippen LogP contribution in [-0.2, 0) is 4.79 Å². The van der Waals surface area contributed by atoms with Crippen LogP contribution in [0.5, 0.6) is 5.75 Å². The molecule has 0 aliphatic rings. The van der Waals surface area contributed by atoms with Gasteiger partial charge in [-0.05, 0) is 31.2 Å². The molecule has 0 aliphatic heterocycles. The predicted molar refractivity (Wildman–Crippen MR) is 58.5 cm³/mol. The fraction of sp³-hybridized carbons (Fsp3) is 0.364. The Labute approximate surface area is 89.1 Å².